The Balaban J connectivity index is 1.44. The molecule has 2 amide bonds. The van der Waals surface area contributed by atoms with Crippen molar-refractivity contribution in [3.63, 3.8) is 0 Å². The average molecular weight is 424 g/mol. The third-order valence-electron chi connectivity index (χ3n) is 5.28. The smallest absolute Gasteiger partial charge is 0.257 e. The van der Waals surface area contributed by atoms with Gasteiger partial charge in [0.25, 0.3) is 5.91 Å². The minimum absolute atomic E-state index is 0.235. The summed E-state index contributed by atoms with van der Waals surface area (Å²) in [6, 6.07) is 9.45. The van der Waals surface area contributed by atoms with Crippen LogP contribution in [-0.4, -0.2) is 39.8 Å². The van der Waals surface area contributed by atoms with Crippen LogP contribution in [0.5, 0.6) is 0 Å². The van der Waals surface area contributed by atoms with Gasteiger partial charge in [-0.2, -0.15) is 0 Å². The van der Waals surface area contributed by atoms with Gasteiger partial charge in [0.2, 0.25) is 5.91 Å². The van der Waals surface area contributed by atoms with E-state index in [1.165, 1.54) is 42.9 Å². The Morgan fingerprint density at radius 3 is 2.73 bits per heavy atom. The molecule has 156 valence electrons. The minimum atomic E-state index is -0.286. The molecule has 7 nitrogen and oxygen atoms in total. The van der Waals surface area contributed by atoms with Crippen molar-refractivity contribution in [3.8, 4) is 0 Å². The van der Waals surface area contributed by atoms with Crippen LogP contribution >= 0.6 is 11.3 Å². The number of rotatable bonds is 5. The molecule has 2 aromatic heterocycles. The fourth-order valence-electron chi connectivity index (χ4n) is 3.59. The second-order valence-corrected chi connectivity index (χ2v) is 8.88. The van der Waals surface area contributed by atoms with Crippen LogP contribution in [-0.2, 0) is 11.3 Å². The maximum absolute atomic E-state index is 12.6. The molecule has 0 spiro atoms. The van der Waals surface area contributed by atoms with Gasteiger partial charge in [0.1, 0.15) is 5.82 Å². The number of thiazole rings is 1. The second-order valence-electron chi connectivity index (χ2n) is 7.84. The maximum atomic E-state index is 12.6. The van der Waals surface area contributed by atoms with E-state index in [-0.39, 0.29) is 11.8 Å². The maximum Gasteiger partial charge on any atom is 0.257 e. The first kappa shape index (κ1) is 20.4. The predicted octanol–water partition coefficient (Wildman–Crippen LogP) is 4.13. The predicted molar refractivity (Wildman–Crippen MR) is 120 cm³/mol. The molecule has 0 aliphatic carbocycles. The van der Waals surface area contributed by atoms with E-state index < -0.39 is 0 Å². The van der Waals surface area contributed by atoms with Gasteiger partial charge in [0, 0.05) is 25.2 Å². The molecule has 1 aliphatic rings. The molecule has 0 radical (unpaired) electrons. The van der Waals surface area contributed by atoms with Crippen molar-refractivity contribution in [1.29, 1.82) is 0 Å². The molecule has 30 heavy (non-hydrogen) atoms. The van der Waals surface area contributed by atoms with Crippen molar-refractivity contribution < 1.29 is 9.59 Å². The largest absolute Gasteiger partial charge is 0.311 e. The van der Waals surface area contributed by atoms with Gasteiger partial charge in [-0.15, -0.1) is 0 Å². The summed E-state index contributed by atoms with van der Waals surface area (Å²) in [6.07, 6.45) is 4.02. The first-order valence-corrected chi connectivity index (χ1v) is 10.9. The van der Waals surface area contributed by atoms with E-state index in [9.17, 15) is 9.59 Å². The highest BCUT2D eigenvalue weighted by molar-refractivity contribution is 7.22. The van der Waals surface area contributed by atoms with Crippen molar-refractivity contribution >= 4 is 44.3 Å². The van der Waals surface area contributed by atoms with E-state index in [4.69, 9.17) is 0 Å². The molecule has 1 fully saturated rings. The average Bonchev–Trinajstić information content (AvgIpc) is 3.11. The number of likely N-dealkylation sites (tertiary alicyclic amines) is 1. The molecule has 0 bridgehead atoms. The number of carbonyl (C=O) groups excluding carboxylic acids is 2. The van der Waals surface area contributed by atoms with Crippen molar-refractivity contribution in [1.82, 2.24) is 14.9 Å². The monoisotopic (exact) mass is 423 g/mol. The van der Waals surface area contributed by atoms with E-state index in [0.29, 0.717) is 16.5 Å². The Morgan fingerprint density at radius 2 is 1.97 bits per heavy atom. The summed E-state index contributed by atoms with van der Waals surface area (Å²) in [6.45, 7) is 6.97. The molecule has 0 atom stereocenters. The number of aromatic nitrogens is 2. The van der Waals surface area contributed by atoms with Gasteiger partial charge in [-0.05, 0) is 61.7 Å². The Kier molecular flexibility index (Phi) is 6.06. The van der Waals surface area contributed by atoms with Gasteiger partial charge in [0.05, 0.1) is 10.2 Å². The van der Waals surface area contributed by atoms with Gasteiger partial charge in [-0.25, -0.2) is 9.97 Å². The molecule has 0 saturated carbocycles. The summed E-state index contributed by atoms with van der Waals surface area (Å²) in [7, 11) is 0. The molecule has 0 unspecified atom stereocenters. The zero-order valence-electron chi connectivity index (χ0n) is 17.1. The van der Waals surface area contributed by atoms with E-state index in [1.807, 2.05) is 6.07 Å². The molecule has 1 aliphatic heterocycles. The molecule has 4 rings (SSSR count). The molecular formula is C22H25N5O2S. The summed E-state index contributed by atoms with van der Waals surface area (Å²) < 4.78 is 1.06. The number of nitrogens with zero attached hydrogens (tertiary/aromatic N) is 3. The fraction of sp³-hybridized carbons (Fsp3) is 0.364. The van der Waals surface area contributed by atoms with Crippen molar-refractivity contribution in [3.05, 3.63) is 47.7 Å². The number of hydrogen-bond acceptors (Lipinski definition) is 6. The zero-order valence-corrected chi connectivity index (χ0v) is 18.0. The number of hydrogen-bond donors (Lipinski definition) is 2. The summed E-state index contributed by atoms with van der Waals surface area (Å²) in [5.74, 6) is 0.647. The van der Waals surface area contributed by atoms with Crippen LogP contribution in [0.1, 0.15) is 42.6 Å². The first-order valence-electron chi connectivity index (χ1n) is 10.1. The normalized spacial score (nSPS) is 15.3. The van der Waals surface area contributed by atoms with Gasteiger partial charge < -0.3 is 5.32 Å². The van der Waals surface area contributed by atoms with Crippen LogP contribution in [0.3, 0.4) is 0 Å². The minimum Gasteiger partial charge on any atom is -0.311 e. The van der Waals surface area contributed by atoms with Gasteiger partial charge >= 0.3 is 0 Å². The lowest BCUT2D eigenvalue weighted by Crippen LogP contribution is -2.32. The standard InChI is InChI=1S/C22H25N5O2S/c1-14-6-9-27(10-7-14)13-16-3-4-18-19(11-16)30-22(25-18)26-21(29)17-5-8-23-20(12-17)24-15(2)28/h3-5,8,11-12,14H,6-7,9-10,13H2,1-2H3,(H,23,24,28)(H,25,26,29). The number of pyridine rings is 1. The highest BCUT2D eigenvalue weighted by atomic mass is 32.1. The van der Waals surface area contributed by atoms with Crippen LogP contribution in [0, 0.1) is 5.92 Å². The van der Waals surface area contributed by atoms with E-state index in [2.05, 4.69) is 44.6 Å². The number of benzene rings is 1. The summed E-state index contributed by atoms with van der Waals surface area (Å²) in [5.41, 5.74) is 2.56. The highest BCUT2D eigenvalue weighted by Gasteiger charge is 2.16. The molecule has 3 aromatic rings. The van der Waals surface area contributed by atoms with Gasteiger partial charge in [-0.1, -0.05) is 24.3 Å². The van der Waals surface area contributed by atoms with Crippen LogP contribution in [0.25, 0.3) is 10.2 Å². The SMILES string of the molecule is CC(=O)Nc1cc(C(=O)Nc2nc3ccc(CN4CCC(C)CC4)cc3s2)ccn1. The van der Waals surface area contributed by atoms with Crippen molar-refractivity contribution in [2.75, 3.05) is 23.7 Å². The Labute approximate surface area is 179 Å². The number of amides is 2. The molecule has 2 N–H and O–H groups in total. The van der Waals surface area contributed by atoms with Gasteiger partial charge in [0.15, 0.2) is 5.13 Å². The molecule has 1 saturated heterocycles. The lowest BCUT2D eigenvalue weighted by Gasteiger charge is -2.30. The van der Waals surface area contributed by atoms with E-state index in [1.54, 1.807) is 12.1 Å². The lowest BCUT2D eigenvalue weighted by molar-refractivity contribution is -0.114. The molecular weight excluding hydrogens is 398 g/mol. The topological polar surface area (TPSA) is 87.2 Å². The summed E-state index contributed by atoms with van der Waals surface area (Å²) in [5, 5.41) is 5.98. The number of piperidine rings is 1. The fourth-order valence-corrected chi connectivity index (χ4v) is 4.51. The molecule has 1 aromatic carbocycles. The second kappa shape index (κ2) is 8.89. The van der Waals surface area contributed by atoms with Gasteiger partial charge in [-0.3, -0.25) is 19.8 Å². The Morgan fingerprint density at radius 1 is 1.17 bits per heavy atom. The molecule has 3 heterocycles. The summed E-state index contributed by atoms with van der Waals surface area (Å²) >= 11 is 1.46. The van der Waals surface area contributed by atoms with E-state index in [0.717, 1.165) is 35.8 Å². The number of carbonyl (C=O) groups is 2. The van der Waals surface area contributed by atoms with Crippen LogP contribution in [0.2, 0.25) is 0 Å². The number of fused-ring (bicyclic) bond motifs is 1. The Hall–Kier alpha value is -2.84. The van der Waals surface area contributed by atoms with Crippen LogP contribution in [0.15, 0.2) is 36.5 Å². The lowest BCUT2D eigenvalue weighted by atomic mass is 9.99. The zero-order chi connectivity index (χ0) is 21.1. The highest BCUT2D eigenvalue weighted by Crippen LogP contribution is 2.28. The van der Waals surface area contributed by atoms with E-state index >= 15 is 0 Å². The third kappa shape index (κ3) is 5.01. The quantitative estimate of drug-likeness (QED) is 0.644. The third-order valence-corrected chi connectivity index (χ3v) is 6.22. The first-order chi connectivity index (χ1) is 14.5. The summed E-state index contributed by atoms with van der Waals surface area (Å²) in [4.78, 5) is 34.9. The number of nitrogens with one attached hydrogen (secondary N) is 2. The molecule has 8 heteroatoms. The van der Waals surface area contributed by atoms with Crippen LogP contribution < -0.4 is 10.6 Å². The van der Waals surface area contributed by atoms with Crippen molar-refractivity contribution in [2.24, 2.45) is 5.92 Å². The van der Waals surface area contributed by atoms with Crippen molar-refractivity contribution in [2.45, 2.75) is 33.2 Å². The number of anilines is 2. The van der Waals surface area contributed by atoms with Crippen LogP contribution in [0.4, 0.5) is 10.9 Å². The Bertz CT molecular complexity index is 1070.